The van der Waals surface area contributed by atoms with Crippen molar-refractivity contribution in [1.29, 1.82) is 0 Å². The smallest absolute Gasteiger partial charge is 0.174 e. The largest absolute Gasteiger partial charge is 0.472 e. The van der Waals surface area contributed by atoms with Gasteiger partial charge in [-0.15, -0.1) is 0 Å². The molecule has 0 fully saturated rings. The summed E-state index contributed by atoms with van der Waals surface area (Å²) < 4.78 is 11.0. The van der Waals surface area contributed by atoms with E-state index in [1.54, 1.807) is 18.8 Å². The van der Waals surface area contributed by atoms with Crippen LogP contribution in [0.4, 0.5) is 0 Å². The van der Waals surface area contributed by atoms with Crippen molar-refractivity contribution in [3.63, 3.8) is 0 Å². The Kier molecular flexibility index (Phi) is 2.74. The average Bonchev–Trinajstić information content (AvgIpc) is 2.80. The highest BCUT2D eigenvalue weighted by atomic mass is 79.9. The zero-order chi connectivity index (χ0) is 9.97. The number of halogens is 1. The van der Waals surface area contributed by atoms with Gasteiger partial charge < -0.3 is 14.2 Å². The van der Waals surface area contributed by atoms with Crippen LogP contribution in [0.2, 0.25) is 0 Å². The van der Waals surface area contributed by atoms with Crippen LogP contribution >= 0.6 is 15.9 Å². The Morgan fingerprint density at radius 3 is 2.71 bits per heavy atom. The summed E-state index contributed by atoms with van der Waals surface area (Å²) in [6, 6.07) is 3.96. The highest BCUT2D eigenvalue weighted by molar-refractivity contribution is 9.10. The predicted octanol–water partition coefficient (Wildman–Crippen LogP) is 2.94. The highest BCUT2D eigenvalue weighted by Crippen LogP contribution is 2.29. The minimum absolute atomic E-state index is 0.0990. The highest BCUT2D eigenvalue weighted by Gasteiger charge is 2.17. The number of hydrogen-bond donors (Lipinski definition) is 1. The van der Waals surface area contributed by atoms with Crippen LogP contribution in [0.1, 0.15) is 17.2 Å². The zero-order valence-corrected chi connectivity index (χ0v) is 9.24. The minimum Gasteiger partial charge on any atom is -0.472 e. The van der Waals surface area contributed by atoms with E-state index in [1.165, 1.54) is 0 Å². The van der Waals surface area contributed by atoms with Gasteiger partial charge in [-0.25, -0.2) is 0 Å². The molecule has 0 aliphatic heterocycles. The standard InChI is InChI=1S/C10H10BrNO2/c1-12-9(7-2-4-13-6-7)8-3-5-14-10(8)11/h2-6,9,12H,1H3. The fraction of sp³-hybridized carbons (Fsp3) is 0.200. The molecule has 1 atom stereocenters. The molecule has 0 aromatic carbocycles. The van der Waals surface area contributed by atoms with E-state index in [9.17, 15) is 0 Å². The second kappa shape index (κ2) is 4.02. The lowest BCUT2D eigenvalue weighted by molar-refractivity contribution is 0.527. The molecule has 0 aliphatic carbocycles. The van der Waals surface area contributed by atoms with Crippen LogP contribution in [0.25, 0.3) is 0 Å². The van der Waals surface area contributed by atoms with Crippen LogP contribution in [0, 0.1) is 0 Å². The van der Waals surface area contributed by atoms with E-state index in [1.807, 2.05) is 19.2 Å². The molecule has 0 spiro atoms. The molecule has 0 bridgehead atoms. The van der Waals surface area contributed by atoms with E-state index in [-0.39, 0.29) is 6.04 Å². The molecule has 14 heavy (non-hydrogen) atoms. The van der Waals surface area contributed by atoms with Crippen LogP contribution in [0.5, 0.6) is 0 Å². The van der Waals surface area contributed by atoms with Crippen molar-refractivity contribution >= 4 is 15.9 Å². The normalized spacial score (nSPS) is 13.0. The summed E-state index contributed by atoms with van der Waals surface area (Å²) in [6.07, 6.45) is 5.04. The fourth-order valence-electron chi connectivity index (χ4n) is 1.45. The molecule has 0 amide bonds. The Morgan fingerprint density at radius 1 is 1.36 bits per heavy atom. The van der Waals surface area contributed by atoms with Crippen LogP contribution < -0.4 is 5.32 Å². The van der Waals surface area contributed by atoms with Gasteiger partial charge in [-0.2, -0.15) is 0 Å². The third-order valence-corrected chi connectivity index (χ3v) is 2.77. The van der Waals surface area contributed by atoms with Gasteiger partial charge in [0.15, 0.2) is 4.67 Å². The summed E-state index contributed by atoms with van der Waals surface area (Å²) in [5.41, 5.74) is 2.14. The lowest BCUT2D eigenvalue weighted by Crippen LogP contribution is -2.16. The molecule has 1 unspecified atom stereocenters. The van der Waals surface area contributed by atoms with Gasteiger partial charge in [0.2, 0.25) is 0 Å². The summed E-state index contributed by atoms with van der Waals surface area (Å²) in [4.78, 5) is 0. The molecule has 0 aliphatic rings. The minimum atomic E-state index is 0.0990. The third-order valence-electron chi connectivity index (χ3n) is 2.12. The first kappa shape index (κ1) is 9.55. The summed E-state index contributed by atoms with van der Waals surface area (Å²) in [6.45, 7) is 0. The topological polar surface area (TPSA) is 38.3 Å². The molecule has 3 nitrogen and oxygen atoms in total. The van der Waals surface area contributed by atoms with Gasteiger partial charge in [-0.05, 0) is 35.1 Å². The molecule has 2 aromatic rings. The van der Waals surface area contributed by atoms with E-state index < -0.39 is 0 Å². The van der Waals surface area contributed by atoms with Gasteiger partial charge in [-0.1, -0.05) is 0 Å². The number of furan rings is 2. The van der Waals surface area contributed by atoms with E-state index >= 15 is 0 Å². The molecule has 74 valence electrons. The lowest BCUT2D eigenvalue weighted by atomic mass is 10.1. The maximum absolute atomic E-state index is 5.19. The number of rotatable bonds is 3. The quantitative estimate of drug-likeness (QED) is 0.917. The third kappa shape index (κ3) is 1.63. The van der Waals surface area contributed by atoms with Crippen LogP contribution in [0.3, 0.4) is 0 Å². The van der Waals surface area contributed by atoms with Crippen molar-refractivity contribution in [1.82, 2.24) is 5.32 Å². The molecular weight excluding hydrogens is 246 g/mol. The van der Waals surface area contributed by atoms with Crippen LogP contribution in [-0.2, 0) is 0 Å². The first-order valence-corrected chi connectivity index (χ1v) is 5.04. The summed E-state index contributed by atoms with van der Waals surface area (Å²) in [7, 11) is 1.90. The Hall–Kier alpha value is -1.00. The molecule has 1 N–H and O–H groups in total. The van der Waals surface area contributed by atoms with E-state index in [4.69, 9.17) is 8.83 Å². The van der Waals surface area contributed by atoms with Crippen molar-refractivity contribution in [3.05, 3.63) is 46.7 Å². The van der Waals surface area contributed by atoms with Crippen molar-refractivity contribution in [2.24, 2.45) is 0 Å². The average molecular weight is 256 g/mol. The molecule has 4 heteroatoms. The Balaban J connectivity index is 2.36. The van der Waals surface area contributed by atoms with Gasteiger partial charge in [0, 0.05) is 11.1 Å². The first-order valence-electron chi connectivity index (χ1n) is 4.25. The maximum atomic E-state index is 5.19. The molecule has 2 aromatic heterocycles. The molecule has 2 heterocycles. The number of hydrogen-bond acceptors (Lipinski definition) is 3. The summed E-state index contributed by atoms with van der Waals surface area (Å²) in [5, 5.41) is 3.20. The van der Waals surface area contributed by atoms with Crippen LogP contribution in [-0.4, -0.2) is 7.05 Å². The molecule has 2 rings (SSSR count). The van der Waals surface area contributed by atoms with Crippen molar-refractivity contribution in [2.45, 2.75) is 6.04 Å². The summed E-state index contributed by atoms with van der Waals surface area (Å²) in [5.74, 6) is 0. The fourth-order valence-corrected chi connectivity index (χ4v) is 1.92. The summed E-state index contributed by atoms with van der Waals surface area (Å²) >= 11 is 3.36. The first-order chi connectivity index (χ1) is 6.83. The van der Waals surface area contributed by atoms with Crippen molar-refractivity contribution in [3.8, 4) is 0 Å². The molecule has 0 radical (unpaired) electrons. The van der Waals surface area contributed by atoms with Gasteiger partial charge in [0.1, 0.15) is 0 Å². The molecule has 0 saturated carbocycles. The second-order valence-electron chi connectivity index (χ2n) is 2.93. The molecule has 0 saturated heterocycles. The SMILES string of the molecule is CNC(c1ccoc1)c1ccoc1Br. The Bertz CT molecular complexity index is 394. The number of nitrogens with one attached hydrogen (secondary N) is 1. The molecular formula is C10H10BrNO2. The van der Waals surface area contributed by atoms with E-state index in [0.717, 1.165) is 15.8 Å². The Labute approximate surface area is 90.2 Å². The maximum Gasteiger partial charge on any atom is 0.174 e. The Morgan fingerprint density at radius 2 is 2.21 bits per heavy atom. The van der Waals surface area contributed by atoms with E-state index in [2.05, 4.69) is 21.2 Å². The van der Waals surface area contributed by atoms with Gasteiger partial charge in [-0.3, -0.25) is 0 Å². The van der Waals surface area contributed by atoms with Crippen LogP contribution in [0.15, 0.2) is 44.4 Å². The second-order valence-corrected chi connectivity index (χ2v) is 3.65. The monoisotopic (exact) mass is 255 g/mol. The van der Waals surface area contributed by atoms with Gasteiger partial charge in [0.25, 0.3) is 0 Å². The van der Waals surface area contributed by atoms with Gasteiger partial charge in [0.05, 0.1) is 24.8 Å². The van der Waals surface area contributed by atoms with Crippen molar-refractivity contribution in [2.75, 3.05) is 7.05 Å². The van der Waals surface area contributed by atoms with E-state index in [0.29, 0.717) is 0 Å². The van der Waals surface area contributed by atoms with Gasteiger partial charge >= 0.3 is 0 Å². The lowest BCUT2D eigenvalue weighted by Gasteiger charge is -2.12. The predicted molar refractivity (Wildman–Crippen MR) is 56.0 cm³/mol. The zero-order valence-electron chi connectivity index (χ0n) is 7.66. The van der Waals surface area contributed by atoms with Crippen molar-refractivity contribution < 1.29 is 8.83 Å².